The van der Waals surface area contributed by atoms with Gasteiger partial charge in [0.25, 0.3) is 0 Å². The van der Waals surface area contributed by atoms with Crippen LogP contribution in [0.3, 0.4) is 0 Å². The largest absolute Gasteiger partial charge is 0.479 e. The van der Waals surface area contributed by atoms with Gasteiger partial charge in [0.15, 0.2) is 5.54 Å². The number of methoxy groups -OCH3 is 1. The smallest absolute Gasteiger partial charge is 0.411 e. The molecule has 18 heavy (non-hydrogen) atoms. The van der Waals surface area contributed by atoms with E-state index >= 15 is 0 Å². The van der Waals surface area contributed by atoms with Gasteiger partial charge in [-0.25, -0.2) is 9.59 Å². The average molecular weight is 259 g/mol. The third-order valence-electron chi connectivity index (χ3n) is 2.88. The third kappa shape index (κ3) is 2.93. The van der Waals surface area contributed by atoms with Crippen LogP contribution in [0.4, 0.5) is 4.79 Å². The second kappa shape index (κ2) is 5.14. The van der Waals surface area contributed by atoms with Crippen molar-refractivity contribution in [3.63, 3.8) is 0 Å². The van der Waals surface area contributed by atoms with Gasteiger partial charge in [0, 0.05) is 13.7 Å². The van der Waals surface area contributed by atoms with E-state index in [1.807, 2.05) is 0 Å². The first-order chi connectivity index (χ1) is 8.23. The fourth-order valence-corrected chi connectivity index (χ4v) is 2.13. The lowest BCUT2D eigenvalue weighted by molar-refractivity contribution is -0.152. The molecular weight excluding hydrogens is 238 g/mol. The maximum Gasteiger partial charge on any atom is 0.411 e. The summed E-state index contributed by atoms with van der Waals surface area (Å²) in [5.41, 5.74) is -1.94. The Morgan fingerprint density at radius 2 is 2.00 bits per heavy atom. The quantitative estimate of drug-likeness (QED) is 0.831. The molecule has 0 aliphatic carbocycles. The Morgan fingerprint density at radius 1 is 1.39 bits per heavy atom. The van der Waals surface area contributed by atoms with Crippen molar-refractivity contribution in [2.75, 3.05) is 20.3 Å². The van der Waals surface area contributed by atoms with E-state index < -0.39 is 23.2 Å². The first-order valence-corrected chi connectivity index (χ1v) is 5.96. The Balaban J connectivity index is 2.92. The summed E-state index contributed by atoms with van der Waals surface area (Å²) in [4.78, 5) is 24.8. The molecule has 1 saturated heterocycles. The van der Waals surface area contributed by atoms with Crippen molar-refractivity contribution in [3.05, 3.63) is 0 Å². The molecule has 1 atom stereocenters. The van der Waals surface area contributed by atoms with Gasteiger partial charge in [-0.15, -0.1) is 0 Å². The van der Waals surface area contributed by atoms with Crippen LogP contribution < -0.4 is 0 Å². The summed E-state index contributed by atoms with van der Waals surface area (Å²) in [6.45, 7) is 5.60. The standard InChI is InChI=1S/C12H21NO5/c1-11(2,3)18-10(16)13-7-5-6-12(13,8-17-4)9(14)15/h5-8H2,1-4H3,(H,14,15). The van der Waals surface area contributed by atoms with E-state index in [0.29, 0.717) is 19.4 Å². The number of amides is 1. The van der Waals surface area contributed by atoms with Crippen LogP contribution in [0, 0.1) is 0 Å². The molecule has 0 aromatic rings. The van der Waals surface area contributed by atoms with E-state index in [1.165, 1.54) is 12.0 Å². The highest BCUT2D eigenvalue weighted by Gasteiger charge is 2.51. The number of rotatable bonds is 3. The average Bonchev–Trinajstić information content (AvgIpc) is 2.60. The zero-order chi connectivity index (χ0) is 14.0. The zero-order valence-corrected chi connectivity index (χ0v) is 11.4. The highest BCUT2D eigenvalue weighted by Crippen LogP contribution is 2.31. The van der Waals surface area contributed by atoms with Crippen LogP contribution in [0.1, 0.15) is 33.6 Å². The number of aliphatic carboxylic acids is 1. The first-order valence-electron chi connectivity index (χ1n) is 5.96. The third-order valence-corrected chi connectivity index (χ3v) is 2.88. The monoisotopic (exact) mass is 259 g/mol. The molecule has 1 aliphatic rings. The summed E-state index contributed by atoms with van der Waals surface area (Å²) < 4.78 is 10.2. The Hall–Kier alpha value is -1.30. The minimum absolute atomic E-state index is 0.0262. The number of hydrogen-bond donors (Lipinski definition) is 1. The fraction of sp³-hybridized carbons (Fsp3) is 0.833. The predicted octanol–water partition coefficient (Wildman–Crippen LogP) is 1.49. The molecule has 1 aliphatic heterocycles. The second-order valence-electron chi connectivity index (χ2n) is 5.51. The molecule has 1 amide bonds. The van der Waals surface area contributed by atoms with Crippen molar-refractivity contribution in [1.82, 2.24) is 4.90 Å². The number of carboxylic acid groups (broad SMARTS) is 1. The molecule has 0 radical (unpaired) electrons. The van der Waals surface area contributed by atoms with Gasteiger partial charge >= 0.3 is 12.1 Å². The van der Waals surface area contributed by atoms with Gasteiger partial charge in [-0.2, -0.15) is 0 Å². The Morgan fingerprint density at radius 3 is 2.44 bits per heavy atom. The number of ether oxygens (including phenoxy) is 2. The summed E-state index contributed by atoms with van der Waals surface area (Å²) in [6, 6.07) is 0. The Kier molecular flexibility index (Phi) is 4.21. The maximum atomic E-state index is 12.0. The van der Waals surface area contributed by atoms with Gasteiger partial charge in [0.2, 0.25) is 0 Å². The molecule has 1 N–H and O–H groups in total. The van der Waals surface area contributed by atoms with Crippen LogP contribution in [0.2, 0.25) is 0 Å². The fourth-order valence-electron chi connectivity index (χ4n) is 2.13. The van der Waals surface area contributed by atoms with Gasteiger partial charge in [0.1, 0.15) is 5.60 Å². The summed E-state index contributed by atoms with van der Waals surface area (Å²) in [7, 11) is 1.43. The van der Waals surface area contributed by atoms with E-state index in [9.17, 15) is 14.7 Å². The summed E-state index contributed by atoms with van der Waals surface area (Å²) in [5, 5.41) is 9.38. The summed E-state index contributed by atoms with van der Waals surface area (Å²) in [5.74, 6) is -1.05. The minimum atomic E-state index is -1.29. The van der Waals surface area contributed by atoms with E-state index in [2.05, 4.69) is 0 Å². The molecule has 0 aromatic carbocycles. The normalized spacial score (nSPS) is 24.1. The van der Waals surface area contributed by atoms with Crippen LogP contribution in [0.15, 0.2) is 0 Å². The molecule has 0 spiro atoms. The first kappa shape index (κ1) is 14.8. The van der Waals surface area contributed by atoms with Crippen LogP contribution in [0.25, 0.3) is 0 Å². The Labute approximate surface area is 107 Å². The van der Waals surface area contributed by atoms with Gasteiger partial charge < -0.3 is 14.6 Å². The molecular formula is C12H21NO5. The van der Waals surface area contributed by atoms with Gasteiger partial charge in [-0.3, -0.25) is 4.90 Å². The lowest BCUT2D eigenvalue weighted by atomic mass is 9.98. The van der Waals surface area contributed by atoms with Crippen molar-refractivity contribution < 1.29 is 24.2 Å². The Bertz CT molecular complexity index is 336. The lowest BCUT2D eigenvalue weighted by Crippen LogP contribution is -2.57. The molecule has 0 bridgehead atoms. The van der Waals surface area contributed by atoms with Crippen LogP contribution in [-0.2, 0) is 14.3 Å². The molecule has 0 aromatic heterocycles. The van der Waals surface area contributed by atoms with Crippen molar-refractivity contribution in [2.24, 2.45) is 0 Å². The van der Waals surface area contributed by atoms with Gasteiger partial charge in [-0.1, -0.05) is 0 Å². The van der Waals surface area contributed by atoms with Crippen molar-refractivity contribution >= 4 is 12.1 Å². The van der Waals surface area contributed by atoms with E-state index in [4.69, 9.17) is 9.47 Å². The van der Waals surface area contributed by atoms with E-state index in [-0.39, 0.29) is 6.61 Å². The molecule has 0 saturated carbocycles. The number of likely N-dealkylation sites (tertiary alicyclic amines) is 1. The minimum Gasteiger partial charge on any atom is -0.479 e. The SMILES string of the molecule is COCC1(C(=O)O)CCCN1C(=O)OC(C)(C)C. The summed E-state index contributed by atoms with van der Waals surface area (Å²) in [6.07, 6.45) is 0.420. The van der Waals surface area contributed by atoms with Crippen LogP contribution in [-0.4, -0.2) is 53.5 Å². The maximum absolute atomic E-state index is 12.0. The van der Waals surface area contributed by atoms with Crippen molar-refractivity contribution in [1.29, 1.82) is 0 Å². The number of carboxylic acids is 1. The molecule has 1 unspecified atom stereocenters. The van der Waals surface area contributed by atoms with Gasteiger partial charge in [0.05, 0.1) is 6.61 Å². The second-order valence-corrected chi connectivity index (χ2v) is 5.51. The molecule has 6 heteroatoms. The number of hydrogen-bond acceptors (Lipinski definition) is 4. The topological polar surface area (TPSA) is 76.1 Å². The van der Waals surface area contributed by atoms with E-state index in [1.54, 1.807) is 20.8 Å². The molecule has 104 valence electrons. The molecule has 1 heterocycles. The molecule has 6 nitrogen and oxygen atoms in total. The molecule has 1 rings (SSSR count). The van der Waals surface area contributed by atoms with Crippen LogP contribution >= 0.6 is 0 Å². The van der Waals surface area contributed by atoms with Gasteiger partial charge in [-0.05, 0) is 33.6 Å². The number of carbonyl (C=O) groups is 2. The number of carbonyl (C=O) groups excluding carboxylic acids is 1. The predicted molar refractivity (Wildman–Crippen MR) is 64.4 cm³/mol. The highest BCUT2D eigenvalue weighted by molar-refractivity contribution is 5.85. The van der Waals surface area contributed by atoms with Crippen LogP contribution in [0.5, 0.6) is 0 Å². The van der Waals surface area contributed by atoms with E-state index in [0.717, 1.165) is 0 Å². The number of nitrogens with zero attached hydrogens (tertiary/aromatic N) is 1. The lowest BCUT2D eigenvalue weighted by Gasteiger charge is -2.35. The zero-order valence-electron chi connectivity index (χ0n) is 11.4. The molecule has 1 fully saturated rings. The highest BCUT2D eigenvalue weighted by atomic mass is 16.6. The van der Waals surface area contributed by atoms with Crippen molar-refractivity contribution in [2.45, 2.75) is 44.8 Å². The van der Waals surface area contributed by atoms with Crippen molar-refractivity contribution in [3.8, 4) is 0 Å². The summed E-state index contributed by atoms with van der Waals surface area (Å²) >= 11 is 0.